The predicted molar refractivity (Wildman–Crippen MR) is 123 cm³/mol. The number of nitrogens with zero attached hydrogens (tertiary/aromatic N) is 2. The van der Waals surface area contributed by atoms with Crippen LogP contribution in [0.4, 0.5) is 0 Å². The highest BCUT2D eigenvalue weighted by Crippen LogP contribution is 2.36. The van der Waals surface area contributed by atoms with Gasteiger partial charge in [0.05, 0.1) is 35.7 Å². The third kappa shape index (κ3) is 4.72. The molecule has 0 radical (unpaired) electrons. The van der Waals surface area contributed by atoms with E-state index >= 15 is 0 Å². The first-order chi connectivity index (χ1) is 15.2. The number of aliphatic hydroxyl groups excluding tert-OH is 1. The maximum Gasteiger partial charge on any atom is 0.494 e. The highest BCUT2D eigenvalue weighted by Gasteiger charge is 2.51. The Bertz CT molecular complexity index is 1090. The molecule has 2 aromatic heterocycles. The van der Waals surface area contributed by atoms with Gasteiger partial charge in [0.1, 0.15) is 24.2 Å². The lowest BCUT2D eigenvalue weighted by molar-refractivity contribution is 0.00578. The van der Waals surface area contributed by atoms with Gasteiger partial charge in [-0.3, -0.25) is 9.97 Å². The molecule has 168 valence electrons. The molecule has 1 aromatic carbocycles. The zero-order chi connectivity index (χ0) is 22.9. The Morgan fingerprint density at radius 3 is 2.47 bits per heavy atom. The first kappa shape index (κ1) is 22.5. The van der Waals surface area contributed by atoms with Crippen molar-refractivity contribution in [2.45, 2.75) is 58.5 Å². The number of rotatable bonds is 7. The minimum absolute atomic E-state index is 0.0765. The molecular weight excluding hydrogens is 407 g/mol. The average molecular weight is 436 g/mol. The number of hydrogen-bond donors (Lipinski definition) is 1. The summed E-state index contributed by atoms with van der Waals surface area (Å²) in [5.41, 5.74) is 1.73. The normalized spacial score (nSPS) is 18.0. The van der Waals surface area contributed by atoms with Crippen LogP contribution in [0.25, 0.3) is 10.9 Å². The smallest absolute Gasteiger partial charge is 0.488 e. The van der Waals surface area contributed by atoms with Gasteiger partial charge in [0.25, 0.3) is 0 Å². The minimum Gasteiger partial charge on any atom is -0.488 e. The van der Waals surface area contributed by atoms with E-state index in [1.54, 1.807) is 24.7 Å². The van der Waals surface area contributed by atoms with Crippen LogP contribution in [0.5, 0.6) is 11.5 Å². The Labute approximate surface area is 188 Å². The van der Waals surface area contributed by atoms with Crippen LogP contribution >= 0.6 is 0 Å². The molecule has 0 unspecified atom stereocenters. The lowest BCUT2D eigenvalue weighted by atomic mass is 9.78. The molecule has 4 rings (SSSR count). The topological polar surface area (TPSA) is 82.9 Å². The van der Waals surface area contributed by atoms with E-state index in [1.165, 1.54) is 0 Å². The molecule has 0 aliphatic carbocycles. The third-order valence-corrected chi connectivity index (χ3v) is 5.98. The van der Waals surface area contributed by atoms with Crippen molar-refractivity contribution in [3.8, 4) is 11.5 Å². The molecule has 1 fully saturated rings. The van der Waals surface area contributed by atoms with Crippen molar-refractivity contribution < 1.29 is 23.9 Å². The van der Waals surface area contributed by atoms with Gasteiger partial charge in [-0.15, -0.1) is 0 Å². The first-order valence-corrected chi connectivity index (χ1v) is 10.8. The molecular formula is C24H29BN2O5. The zero-order valence-corrected chi connectivity index (χ0v) is 19.2. The summed E-state index contributed by atoms with van der Waals surface area (Å²) in [4.78, 5) is 8.57. The highest BCUT2D eigenvalue weighted by atomic mass is 16.7. The number of aliphatic hydroxyl groups is 1. The molecule has 1 N–H and O–H groups in total. The van der Waals surface area contributed by atoms with Gasteiger partial charge in [0.15, 0.2) is 0 Å². The van der Waals surface area contributed by atoms with Gasteiger partial charge in [-0.05, 0) is 63.8 Å². The molecule has 32 heavy (non-hydrogen) atoms. The van der Waals surface area contributed by atoms with Gasteiger partial charge in [-0.25, -0.2) is 0 Å². The number of fused-ring (bicyclic) bond motifs is 1. The van der Waals surface area contributed by atoms with E-state index in [-0.39, 0.29) is 12.7 Å². The second-order valence-corrected chi connectivity index (χ2v) is 9.14. The Morgan fingerprint density at radius 2 is 1.75 bits per heavy atom. The van der Waals surface area contributed by atoms with Crippen LogP contribution in [0.3, 0.4) is 0 Å². The van der Waals surface area contributed by atoms with Gasteiger partial charge in [-0.1, -0.05) is 12.1 Å². The van der Waals surface area contributed by atoms with Crippen molar-refractivity contribution in [2.75, 3.05) is 6.61 Å². The maximum absolute atomic E-state index is 9.22. The Morgan fingerprint density at radius 1 is 1.00 bits per heavy atom. The van der Waals surface area contributed by atoms with Gasteiger partial charge in [-0.2, -0.15) is 0 Å². The molecule has 0 amide bonds. The molecule has 1 saturated heterocycles. The van der Waals surface area contributed by atoms with Crippen molar-refractivity contribution in [1.82, 2.24) is 9.97 Å². The minimum atomic E-state index is -0.426. The van der Waals surface area contributed by atoms with Crippen LogP contribution in [-0.2, 0) is 15.9 Å². The van der Waals surface area contributed by atoms with Crippen LogP contribution in [0.1, 0.15) is 40.2 Å². The number of benzene rings is 1. The number of aromatic nitrogens is 2. The molecule has 0 spiro atoms. The monoisotopic (exact) mass is 436 g/mol. The van der Waals surface area contributed by atoms with E-state index in [0.717, 1.165) is 16.4 Å². The average Bonchev–Trinajstić information content (AvgIpc) is 2.99. The fourth-order valence-electron chi connectivity index (χ4n) is 3.43. The molecule has 1 aliphatic rings. The summed E-state index contributed by atoms with van der Waals surface area (Å²) in [7, 11) is -0.426. The lowest BCUT2D eigenvalue weighted by Gasteiger charge is -2.32. The predicted octanol–water partition coefficient (Wildman–Crippen LogP) is 3.27. The number of pyridine rings is 2. The molecule has 0 bridgehead atoms. The fraction of sp³-hybridized carbons (Fsp3) is 0.417. The molecule has 0 saturated carbocycles. The highest BCUT2D eigenvalue weighted by molar-refractivity contribution is 6.62. The van der Waals surface area contributed by atoms with Gasteiger partial charge in [0.2, 0.25) is 0 Å². The summed E-state index contributed by atoms with van der Waals surface area (Å²) >= 11 is 0. The van der Waals surface area contributed by atoms with Gasteiger partial charge in [0, 0.05) is 11.6 Å². The van der Waals surface area contributed by atoms with E-state index in [9.17, 15) is 5.11 Å². The van der Waals surface area contributed by atoms with Gasteiger partial charge >= 0.3 is 7.12 Å². The Balaban J connectivity index is 1.44. The largest absolute Gasteiger partial charge is 0.494 e. The molecule has 3 aromatic rings. The summed E-state index contributed by atoms with van der Waals surface area (Å²) in [5, 5.41) is 10.2. The van der Waals surface area contributed by atoms with Crippen molar-refractivity contribution in [3.63, 3.8) is 0 Å². The van der Waals surface area contributed by atoms with E-state index in [1.807, 2.05) is 58.9 Å². The Kier molecular flexibility index (Phi) is 6.12. The van der Waals surface area contributed by atoms with Crippen LogP contribution < -0.4 is 14.9 Å². The fourth-order valence-corrected chi connectivity index (χ4v) is 3.43. The van der Waals surface area contributed by atoms with Gasteiger partial charge < -0.3 is 23.9 Å². The first-order valence-electron chi connectivity index (χ1n) is 10.8. The second kappa shape index (κ2) is 8.69. The molecule has 8 heteroatoms. The van der Waals surface area contributed by atoms with E-state index in [2.05, 4.69) is 9.97 Å². The van der Waals surface area contributed by atoms with Crippen LogP contribution in [0.15, 0.2) is 48.9 Å². The van der Waals surface area contributed by atoms with Crippen LogP contribution in [0.2, 0.25) is 0 Å². The van der Waals surface area contributed by atoms with Crippen molar-refractivity contribution in [1.29, 1.82) is 0 Å². The summed E-state index contributed by atoms with van der Waals surface area (Å²) in [6.45, 7) is 10.4. The quantitative estimate of drug-likeness (QED) is 0.570. The molecule has 3 heterocycles. The maximum atomic E-state index is 9.22. The third-order valence-electron chi connectivity index (χ3n) is 5.98. The van der Waals surface area contributed by atoms with Crippen molar-refractivity contribution >= 4 is 23.5 Å². The lowest BCUT2D eigenvalue weighted by Crippen LogP contribution is -2.41. The molecule has 7 nitrogen and oxygen atoms in total. The molecule has 1 atom stereocenters. The molecule has 1 aliphatic heterocycles. The van der Waals surface area contributed by atoms with E-state index < -0.39 is 18.3 Å². The summed E-state index contributed by atoms with van der Waals surface area (Å²) in [6, 6.07) is 9.71. The Hall–Kier alpha value is -2.68. The van der Waals surface area contributed by atoms with Crippen LogP contribution in [0, 0.1) is 0 Å². The summed E-state index contributed by atoms with van der Waals surface area (Å²) < 4.78 is 24.1. The second-order valence-electron chi connectivity index (χ2n) is 9.14. The zero-order valence-electron chi connectivity index (χ0n) is 19.2. The van der Waals surface area contributed by atoms with Crippen molar-refractivity contribution in [2.24, 2.45) is 0 Å². The summed E-state index contributed by atoms with van der Waals surface area (Å²) in [6.07, 6.45) is 4.71. The van der Waals surface area contributed by atoms with Crippen LogP contribution in [-0.4, -0.2) is 46.1 Å². The number of hydrogen-bond acceptors (Lipinski definition) is 7. The SMILES string of the molecule is C[C@@H](COc1cncc(CO)c1)Oc1cnc2ccc(B3OC(C)(C)C(C)(C)O3)cc2c1. The summed E-state index contributed by atoms with van der Waals surface area (Å²) in [5.74, 6) is 1.25. The standard InChI is InChI=1S/C24H29BN2O5/c1-16(15-29-20-8-17(14-28)11-26-12-20)30-21-10-18-9-19(6-7-22(18)27-13-21)25-31-23(2,3)24(4,5)32-25/h6-13,16,28H,14-15H2,1-5H3/t16-/m0/s1. The van der Waals surface area contributed by atoms with E-state index in [0.29, 0.717) is 23.7 Å². The number of ether oxygens (including phenoxy) is 2. The van der Waals surface area contributed by atoms with E-state index in [4.69, 9.17) is 18.8 Å². The van der Waals surface area contributed by atoms with Crippen molar-refractivity contribution in [3.05, 3.63) is 54.5 Å².